The number of hydrogen-bond acceptors (Lipinski definition) is 3. The van der Waals surface area contributed by atoms with Gasteiger partial charge in [-0.3, -0.25) is 0 Å². The molecule has 2 N–H and O–H groups in total. The van der Waals surface area contributed by atoms with E-state index in [2.05, 4.69) is 6.92 Å². The van der Waals surface area contributed by atoms with E-state index in [4.69, 9.17) is 14.9 Å². The molecule has 15 heavy (non-hydrogen) atoms. The van der Waals surface area contributed by atoms with Crippen LogP contribution in [-0.2, 0) is 0 Å². The summed E-state index contributed by atoms with van der Waals surface area (Å²) in [6, 6.07) is 6.81. The summed E-state index contributed by atoms with van der Waals surface area (Å²) in [6.45, 7) is 2.87. The van der Waals surface area contributed by atoms with Crippen LogP contribution < -0.4 is 4.74 Å². The minimum atomic E-state index is -1.40. The maximum atomic E-state index is 8.88. The lowest BCUT2D eigenvalue weighted by Gasteiger charge is -2.07. The third-order valence-electron chi connectivity index (χ3n) is 2.19. The van der Waals surface area contributed by atoms with E-state index >= 15 is 0 Å². The van der Waals surface area contributed by atoms with Crippen molar-refractivity contribution in [3.63, 3.8) is 0 Å². The highest BCUT2D eigenvalue weighted by atomic mass is 16.5. The van der Waals surface area contributed by atoms with Crippen LogP contribution in [0.25, 0.3) is 0 Å². The zero-order valence-electron chi connectivity index (χ0n) is 9.02. The number of aliphatic hydroxyl groups is 2. The normalized spacial score (nSPS) is 10.7. The highest BCUT2D eigenvalue weighted by Gasteiger charge is 2.01. The molecule has 0 saturated heterocycles. The molecule has 0 bridgehead atoms. The molecule has 0 amide bonds. The first-order valence-electron chi connectivity index (χ1n) is 5.33. The molecule has 1 aromatic rings. The summed E-state index contributed by atoms with van der Waals surface area (Å²) >= 11 is 0. The topological polar surface area (TPSA) is 49.7 Å². The number of ether oxygens (including phenoxy) is 1. The molecule has 3 heteroatoms. The Labute approximate surface area is 90.3 Å². The maximum Gasteiger partial charge on any atom is 0.178 e. The quantitative estimate of drug-likeness (QED) is 0.559. The Balaban J connectivity index is 2.36. The largest absolute Gasteiger partial charge is 0.494 e. The Hall–Kier alpha value is -1.06. The van der Waals surface area contributed by atoms with Crippen LogP contribution in [0, 0.1) is 0 Å². The smallest absolute Gasteiger partial charge is 0.178 e. The van der Waals surface area contributed by atoms with E-state index in [1.807, 2.05) is 0 Å². The molecular weight excluding hydrogens is 192 g/mol. The van der Waals surface area contributed by atoms with Gasteiger partial charge in [0.05, 0.1) is 6.61 Å². The third-order valence-corrected chi connectivity index (χ3v) is 2.19. The summed E-state index contributed by atoms with van der Waals surface area (Å²) in [6.07, 6.45) is 2.01. The summed E-state index contributed by atoms with van der Waals surface area (Å²) in [5.41, 5.74) is 0.482. The lowest BCUT2D eigenvalue weighted by molar-refractivity contribution is -0.0425. The van der Waals surface area contributed by atoms with E-state index in [1.165, 1.54) is 12.8 Å². The molecule has 0 fully saturated rings. The summed E-state index contributed by atoms with van der Waals surface area (Å²) in [5, 5.41) is 17.8. The third kappa shape index (κ3) is 4.32. The predicted molar refractivity (Wildman–Crippen MR) is 58.6 cm³/mol. The van der Waals surface area contributed by atoms with Gasteiger partial charge in [-0.1, -0.05) is 31.9 Å². The minimum absolute atomic E-state index is 0.482. The van der Waals surface area contributed by atoms with Crippen molar-refractivity contribution in [3.05, 3.63) is 29.8 Å². The fraction of sp³-hybridized carbons (Fsp3) is 0.500. The molecule has 1 rings (SSSR count). The van der Waals surface area contributed by atoms with Crippen LogP contribution >= 0.6 is 0 Å². The van der Waals surface area contributed by atoms with Crippen LogP contribution in [0.1, 0.15) is 38.0 Å². The molecule has 0 spiro atoms. The molecule has 0 aliphatic rings. The van der Waals surface area contributed by atoms with Gasteiger partial charge in [0.1, 0.15) is 5.75 Å². The zero-order valence-corrected chi connectivity index (χ0v) is 9.02. The number of rotatable bonds is 6. The molecular formula is C12H18O3. The highest BCUT2D eigenvalue weighted by Crippen LogP contribution is 2.16. The van der Waals surface area contributed by atoms with Crippen molar-refractivity contribution in [1.29, 1.82) is 0 Å². The van der Waals surface area contributed by atoms with Gasteiger partial charge in [0.15, 0.2) is 6.29 Å². The van der Waals surface area contributed by atoms with Crippen molar-refractivity contribution in [2.75, 3.05) is 6.61 Å². The predicted octanol–water partition coefficient (Wildman–Crippen LogP) is 2.24. The van der Waals surface area contributed by atoms with Gasteiger partial charge in [0.25, 0.3) is 0 Å². The molecule has 0 radical (unpaired) electrons. The minimum Gasteiger partial charge on any atom is -0.494 e. The van der Waals surface area contributed by atoms with E-state index in [-0.39, 0.29) is 0 Å². The Morgan fingerprint density at radius 1 is 1.13 bits per heavy atom. The van der Waals surface area contributed by atoms with Crippen molar-refractivity contribution in [1.82, 2.24) is 0 Å². The average molecular weight is 210 g/mol. The van der Waals surface area contributed by atoms with Crippen molar-refractivity contribution >= 4 is 0 Å². The molecule has 0 saturated carbocycles. The number of hydrogen-bond donors (Lipinski definition) is 2. The van der Waals surface area contributed by atoms with Gasteiger partial charge in [-0.05, 0) is 18.6 Å². The van der Waals surface area contributed by atoms with E-state index in [0.717, 1.165) is 18.8 Å². The van der Waals surface area contributed by atoms with E-state index < -0.39 is 6.29 Å². The first-order chi connectivity index (χ1) is 7.24. The number of benzene rings is 1. The molecule has 0 atom stereocenters. The van der Waals surface area contributed by atoms with Crippen LogP contribution in [0.5, 0.6) is 5.75 Å². The van der Waals surface area contributed by atoms with Crippen LogP contribution in [0.3, 0.4) is 0 Å². The molecule has 84 valence electrons. The Morgan fingerprint density at radius 3 is 2.33 bits per heavy atom. The summed E-state index contributed by atoms with van der Waals surface area (Å²) in [7, 11) is 0. The second kappa shape index (κ2) is 6.43. The molecule has 0 aromatic heterocycles. The molecule has 1 aromatic carbocycles. The first-order valence-corrected chi connectivity index (χ1v) is 5.33. The monoisotopic (exact) mass is 210 g/mol. The summed E-state index contributed by atoms with van der Waals surface area (Å²) < 4.78 is 5.48. The van der Waals surface area contributed by atoms with E-state index in [9.17, 15) is 0 Å². The lowest BCUT2D eigenvalue weighted by Crippen LogP contribution is -1.98. The van der Waals surface area contributed by atoms with Crippen LogP contribution in [0.2, 0.25) is 0 Å². The Morgan fingerprint density at radius 2 is 1.80 bits per heavy atom. The summed E-state index contributed by atoms with van der Waals surface area (Å²) in [5.74, 6) is 0.774. The van der Waals surface area contributed by atoms with Gasteiger partial charge in [0, 0.05) is 5.56 Å². The Kier molecular flexibility index (Phi) is 5.15. The van der Waals surface area contributed by atoms with Crippen LogP contribution in [0.15, 0.2) is 24.3 Å². The van der Waals surface area contributed by atoms with E-state index in [1.54, 1.807) is 24.3 Å². The first kappa shape index (κ1) is 12.0. The number of unbranched alkanes of at least 4 members (excludes halogenated alkanes) is 2. The molecule has 0 aliphatic heterocycles. The van der Waals surface area contributed by atoms with Crippen molar-refractivity contribution in [2.24, 2.45) is 0 Å². The molecule has 0 aliphatic carbocycles. The number of aliphatic hydroxyl groups excluding tert-OH is 1. The Bertz CT molecular complexity index is 267. The molecule has 0 heterocycles. The standard InChI is InChI=1S/C12H18O3/c1-2-3-4-9-15-11-7-5-10(6-8-11)12(13)14/h5-8,12-14H,2-4,9H2,1H3. The molecule has 0 unspecified atom stereocenters. The van der Waals surface area contributed by atoms with E-state index in [0.29, 0.717) is 5.56 Å². The molecule has 3 nitrogen and oxygen atoms in total. The van der Waals surface area contributed by atoms with Gasteiger partial charge in [-0.15, -0.1) is 0 Å². The van der Waals surface area contributed by atoms with Crippen LogP contribution in [-0.4, -0.2) is 16.8 Å². The van der Waals surface area contributed by atoms with Gasteiger partial charge < -0.3 is 14.9 Å². The van der Waals surface area contributed by atoms with Gasteiger partial charge >= 0.3 is 0 Å². The van der Waals surface area contributed by atoms with Gasteiger partial charge in [-0.25, -0.2) is 0 Å². The maximum absolute atomic E-state index is 8.88. The van der Waals surface area contributed by atoms with Crippen LogP contribution in [0.4, 0.5) is 0 Å². The fourth-order valence-electron chi connectivity index (χ4n) is 1.28. The highest BCUT2D eigenvalue weighted by molar-refractivity contribution is 5.27. The second-order valence-corrected chi connectivity index (χ2v) is 3.50. The van der Waals surface area contributed by atoms with Crippen molar-refractivity contribution in [3.8, 4) is 5.75 Å². The van der Waals surface area contributed by atoms with Gasteiger partial charge in [-0.2, -0.15) is 0 Å². The average Bonchev–Trinajstić information content (AvgIpc) is 2.25. The zero-order chi connectivity index (χ0) is 11.1. The van der Waals surface area contributed by atoms with Gasteiger partial charge in [0.2, 0.25) is 0 Å². The fourth-order valence-corrected chi connectivity index (χ4v) is 1.28. The summed E-state index contributed by atoms with van der Waals surface area (Å²) in [4.78, 5) is 0. The van der Waals surface area contributed by atoms with Crippen molar-refractivity contribution in [2.45, 2.75) is 32.5 Å². The SMILES string of the molecule is CCCCCOc1ccc(C(O)O)cc1. The lowest BCUT2D eigenvalue weighted by atomic mass is 10.2. The second-order valence-electron chi connectivity index (χ2n) is 3.50. The van der Waals surface area contributed by atoms with Crippen molar-refractivity contribution < 1.29 is 14.9 Å².